The Morgan fingerprint density at radius 2 is 2.24 bits per heavy atom. The van der Waals surface area contributed by atoms with E-state index < -0.39 is 0 Å². The number of nitrogens with two attached hydrogens (primary N) is 1. The molecule has 3 atom stereocenters. The van der Waals surface area contributed by atoms with Gasteiger partial charge in [0.2, 0.25) is 5.91 Å². The summed E-state index contributed by atoms with van der Waals surface area (Å²) < 4.78 is 0. The summed E-state index contributed by atoms with van der Waals surface area (Å²) in [4.78, 5) is 14.4. The van der Waals surface area contributed by atoms with Gasteiger partial charge in [-0.15, -0.1) is 0 Å². The average Bonchev–Trinajstić information content (AvgIpc) is 2.95. The van der Waals surface area contributed by atoms with Gasteiger partial charge in [-0.3, -0.25) is 9.69 Å². The normalized spacial score (nSPS) is 28.6. The van der Waals surface area contributed by atoms with E-state index in [2.05, 4.69) is 10.2 Å². The molecule has 1 saturated carbocycles. The minimum absolute atomic E-state index is 0.00528. The summed E-state index contributed by atoms with van der Waals surface area (Å²) in [6.07, 6.45) is 2.34. The topological polar surface area (TPSA) is 58.4 Å². The molecule has 1 aliphatic heterocycles. The lowest BCUT2D eigenvalue weighted by Gasteiger charge is -2.18. The van der Waals surface area contributed by atoms with Gasteiger partial charge in [-0.1, -0.05) is 17.7 Å². The highest BCUT2D eigenvalue weighted by atomic mass is 35.5. The largest absolute Gasteiger partial charge is 0.327 e. The summed E-state index contributed by atoms with van der Waals surface area (Å²) in [5.74, 6) is 1.24. The number of nitrogens with one attached hydrogen (secondary N) is 1. The number of carbonyl (C=O) groups is 1. The standard InChI is InChI=1S/C16H22ClN3O/c1-10-2-5-15(13(17)6-10)19-16(21)9-20-7-11-3-4-14(18)12(11)8-20/h2,5-6,11-12,14H,3-4,7-9,18H2,1H3,(H,19,21). The van der Waals surface area contributed by atoms with Crippen LogP contribution in [0.4, 0.5) is 5.69 Å². The molecule has 114 valence electrons. The van der Waals surface area contributed by atoms with Crippen LogP contribution in [0.5, 0.6) is 0 Å². The van der Waals surface area contributed by atoms with Crippen molar-refractivity contribution in [2.45, 2.75) is 25.8 Å². The van der Waals surface area contributed by atoms with Crippen molar-refractivity contribution < 1.29 is 4.79 Å². The van der Waals surface area contributed by atoms with Crippen LogP contribution in [0.2, 0.25) is 5.02 Å². The first-order chi connectivity index (χ1) is 10.0. The summed E-state index contributed by atoms with van der Waals surface area (Å²) in [5, 5.41) is 3.48. The number of likely N-dealkylation sites (tertiary alicyclic amines) is 1. The smallest absolute Gasteiger partial charge is 0.238 e. The van der Waals surface area contributed by atoms with Crippen molar-refractivity contribution >= 4 is 23.2 Å². The first-order valence-electron chi connectivity index (χ1n) is 7.57. The van der Waals surface area contributed by atoms with Gasteiger partial charge in [0.1, 0.15) is 0 Å². The number of aryl methyl sites for hydroxylation is 1. The van der Waals surface area contributed by atoms with E-state index in [1.807, 2.05) is 25.1 Å². The van der Waals surface area contributed by atoms with Gasteiger partial charge in [0.25, 0.3) is 0 Å². The number of benzene rings is 1. The zero-order valence-corrected chi connectivity index (χ0v) is 13.1. The molecule has 0 spiro atoms. The zero-order valence-electron chi connectivity index (χ0n) is 12.3. The number of hydrogen-bond acceptors (Lipinski definition) is 3. The number of anilines is 1. The molecular weight excluding hydrogens is 286 g/mol. The van der Waals surface area contributed by atoms with Crippen molar-refractivity contribution in [3.05, 3.63) is 28.8 Å². The quantitative estimate of drug-likeness (QED) is 0.900. The summed E-state index contributed by atoms with van der Waals surface area (Å²) >= 11 is 6.14. The Bertz CT molecular complexity index is 548. The van der Waals surface area contributed by atoms with Crippen LogP contribution in [0.3, 0.4) is 0 Å². The van der Waals surface area contributed by atoms with Crippen molar-refractivity contribution in [2.75, 3.05) is 25.0 Å². The van der Waals surface area contributed by atoms with Crippen molar-refractivity contribution in [1.29, 1.82) is 0 Å². The van der Waals surface area contributed by atoms with E-state index >= 15 is 0 Å². The minimum Gasteiger partial charge on any atom is -0.327 e. The highest BCUT2D eigenvalue weighted by molar-refractivity contribution is 6.33. The fourth-order valence-electron chi connectivity index (χ4n) is 3.64. The number of halogens is 1. The second-order valence-electron chi connectivity index (χ2n) is 6.39. The molecular formula is C16H22ClN3O. The fraction of sp³-hybridized carbons (Fsp3) is 0.562. The molecule has 1 aliphatic carbocycles. The predicted octanol–water partition coefficient (Wildman–Crippen LogP) is 2.26. The van der Waals surface area contributed by atoms with Gasteiger partial charge in [-0.2, -0.15) is 0 Å². The molecule has 3 rings (SSSR count). The van der Waals surface area contributed by atoms with E-state index in [1.54, 1.807) is 0 Å². The van der Waals surface area contributed by atoms with E-state index in [0.717, 1.165) is 25.1 Å². The maximum absolute atomic E-state index is 12.2. The van der Waals surface area contributed by atoms with Crippen LogP contribution >= 0.6 is 11.6 Å². The molecule has 5 heteroatoms. The third-order valence-corrected chi connectivity index (χ3v) is 5.07. The van der Waals surface area contributed by atoms with Gasteiger partial charge in [0.15, 0.2) is 0 Å². The lowest BCUT2D eigenvalue weighted by Crippen LogP contribution is -2.34. The molecule has 1 aromatic carbocycles. The Labute approximate surface area is 130 Å². The Hall–Kier alpha value is -1.10. The maximum atomic E-state index is 12.2. The Kier molecular flexibility index (Phi) is 4.20. The molecule has 0 aromatic heterocycles. The third-order valence-electron chi connectivity index (χ3n) is 4.75. The number of amides is 1. The Morgan fingerprint density at radius 1 is 1.43 bits per heavy atom. The maximum Gasteiger partial charge on any atom is 0.238 e. The van der Waals surface area contributed by atoms with E-state index in [1.165, 1.54) is 6.42 Å². The van der Waals surface area contributed by atoms with Gasteiger partial charge in [-0.25, -0.2) is 0 Å². The van der Waals surface area contributed by atoms with Crippen LogP contribution in [0.15, 0.2) is 18.2 Å². The second kappa shape index (κ2) is 5.95. The van der Waals surface area contributed by atoms with Crippen molar-refractivity contribution in [1.82, 2.24) is 4.90 Å². The molecule has 3 N–H and O–H groups in total. The Morgan fingerprint density at radius 3 is 2.95 bits per heavy atom. The van der Waals surface area contributed by atoms with Gasteiger partial charge in [0, 0.05) is 19.1 Å². The lowest BCUT2D eigenvalue weighted by atomic mass is 9.98. The minimum atomic E-state index is -0.00528. The van der Waals surface area contributed by atoms with Crippen molar-refractivity contribution in [3.8, 4) is 0 Å². The average molecular weight is 308 g/mol. The second-order valence-corrected chi connectivity index (χ2v) is 6.80. The SMILES string of the molecule is Cc1ccc(NC(=O)CN2CC3CCC(N)C3C2)c(Cl)c1. The summed E-state index contributed by atoms with van der Waals surface area (Å²) in [7, 11) is 0. The summed E-state index contributed by atoms with van der Waals surface area (Å²) in [6.45, 7) is 4.34. The van der Waals surface area contributed by atoms with E-state index in [-0.39, 0.29) is 5.91 Å². The van der Waals surface area contributed by atoms with Crippen LogP contribution < -0.4 is 11.1 Å². The van der Waals surface area contributed by atoms with E-state index in [0.29, 0.717) is 35.1 Å². The molecule has 0 bridgehead atoms. The molecule has 1 saturated heterocycles. The number of rotatable bonds is 3. The molecule has 1 heterocycles. The first-order valence-corrected chi connectivity index (χ1v) is 7.94. The van der Waals surface area contributed by atoms with Crippen molar-refractivity contribution in [3.63, 3.8) is 0 Å². The molecule has 4 nitrogen and oxygen atoms in total. The zero-order chi connectivity index (χ0) is 15.0. The third kappa shape index (κ3) is 3.23. The molecule has 2 fully saturated rings. The van der Waals surface area contributed by atoms with Gasteiger partial charge in [0.05, 0.1) is 17.3 Å². The number of nitrogens with zero attached hydrogens (tertiary/aromatic N) is 1. The highest BCUT2D eigenvalue weighted by Gasteiger charge is 2.41. The predicted molar refractivity (Wildman–Crippen MR) is 85.4 cm³/mol. The van der Waals surface area contributed by atoms with Crippen LogP contribution in [-0.2, 0) is 4.79 Å². The molecule has 1 aromatic rings. The number of fused-ring (bicyclic) bond motifs is 1. The fourth-order valence-corrected chi connectivity index (χ4v) is 3.93. The van der Waals surface area contributed by atoms with Gasteiger partial charge >= 0.3 is 0 Å². The van der Waals surface area contributed by atoms with E-state index in [4.69, 9.17) is 17.3 Å². The number of carbonyl (C=O) groups excluding carboxylic acids is 1. The molecule has 2 aliphatic rings. The lowest BCUT2D eigenvalue weighted by molar-refractivity contribution is -0.117. The van der Waals surface area contributed by atoms with Gasteiger partial charge < -0.3 is 11.1 Å². The van der Waals surface area contributed by atoms with Gasteiger partial charge in [-0.05, 0) is 49.3 Å². The first kappa shape index (κ1) is 14.8. The summed E-state index contributed by atoms with van der Waals surface area (Å²) in [6, 6.07) is 5.97. The Balaban J connectivity index is 1.55. The van der Waals surface area contributed by atoms with Crippen LogP contribution in [0, 0.1) is 18.8 Å². The summed E-state index contributed by atoms with van der Waals surface area (Å²) in [5.41, 5.74) is 7.89. The molecule has 1 amide bonds. The monoisotopic (exact) mass is 307 g/mol. The number of hydrogen-bond donors (Lipinski definition) is 2. The van der Waals surface area contributed by atoms with Crippen molar-refractivity contribution in [2.24, 2.45) is 17.6 Å². The van der Waals surface area contributed by atoms with E-state index in [9.17, 15) is 4.79 Å². The molecule has 0 radical (unpaired) electrons. The van der Waals surface area contributed by atoms with Crippen LogP contribution in [-0.4, -0.2) is 36.5 Å². The molecule has 3 unspecified atom stereocenters. The van der Waals surface area contributed by atoms with Crippen LogP contribution in [0.25, 0.3) is 0 Å². The molecule has 21 heavy (non-hydrogen) atoms. The highest BCUT2D eigenvalue weighted by Crippen LogP contribution is 2.36. The van der Waals surface area contributed by atoms with Crippen LogP contribution in [0.1, 0.15) is 18.4 Å².